The number of amides is 1. The van der Waals surface area contributed by atoms with Crippen LogP contribution in [0.15, 0.2) is 70.3 Å². The minimum atomic E-state index is -3.78. The van der Waals surface area contributed by atoms with E-state index in [-0.39, 0.29) is 23.2 Å². The number of nitrogens with one attached hydrogen (secondary N) is 1. The zero-order valence-electron chi connectivity index (χ0n) is 15.4. The van der Waals surface area contributed by atoms with Crippen molar-refractivity contribution in [3.05, 3.63) is 87.8 Å². The van der Waals surface area contributed by atoms with Crippen molar-refractivity contribution in [3.63, 3.8) is 0 Å². The summed E-state index contributed by atoms with van der Waals surface area (Å²) >= 11 is 7.16. The first-order valence-electron chi connectivity index (χ1n) is 9.09. The summed E-state index contributed by atoms with van der Waals surface area (Å²) in [6.07, 6.45) is 0.335. The number of fused-ring (bicyclic) bond motifs is 1. The van der Waals surface area contributed by atoms with Crippen LogP contribution in [0.2, 0.25) is 5.02 Å². The zero-order chi connectivity index (χ0) is 20.4. The van der Waals surface area contributed by atoms with Crippen molar-refractivity contribution in [2.24, 2.45) is 0 Å². The summed E-state index contributed by atoms with van der Waals surface area (Å²) in [5.74, 6) is -0.320. The van der Waals surface area contributed by atoms with Gasteiger partial charge in [-0.05, 0) is 46.7 Å². The summed E-state index contributed by atoms with van der Waals surface area (Å²) < 4.78 is 28.0. The van der Waals surface area contributed by atoms with Crippen molar-refractivity contribution >= 4 is 38.9 Å². The highest BCUT2D eigenvalue weighted by Crippen LogP contribution is 2.31. The highest BCUT2D eigenvalue weighted by atomic mass is 35.5. The number of nitrogens with zero attached hydrogens (tertiary/aromatic N) is 1. The van der Waals surface area contributed by atoms with Crippen LogP contribution in [0.3, 0.4) is 0 Å². The van der Waals surface area contributed by atoms with Crippen molar-refractivity contribution in [1.29, 1.82) is 0 Å². The Hall–Kier alpha value is -2.19. The molecule has 0 saturated heterocycles. The minimum Gasteiger partial charge on any atom is -0.351 e. The summed E-state index contributed by atoms with van der Waals surface area (Å²) in [7, 11) is -3.78. The van der Waals surface area contributed by atoms with Gasteiger partial charge in [-0.3, -0.25) is 4.79 Å². The van der Waals surface area contributed by atoms with Crippen molar-refractivity contribution in [1.82, 2.24) is 9.62 Å². The van der Waals surface area contributed by atoms with Gasteiger partial charge in [0.25, 0.3) is 10.0 Å². The Morgan fingerprint density at radius 3 is 2.62 bits per heavy atom. The number of rotatable bonds is 5. The maximum Gasteiger partial charge on any atom is 0.253 e. The fourth-order valence-electron chi connectivity index (χ4n) is 3.45. The lowest BCUT2D eigenvalue weighted by Gasteiger charge is -2.34. The summed E-state index contributed by atoms with van der Waals surface area (Å²) in [6.45, 7) is 0.454. The molecule has 1 aromatic heterocycles. The molecule has 0 aliphatic carbocycles. The highest BCUT2D eigenvalue weighted by Gasteiger charge is 2.39. The molecule has 1 unspecified atom stereocenters. The molecule has 3 aromatic rings. The van der Waals surface area contributed by atoms with Gasteiger partial charge >= 0.3 is 0 Å². The molecule has 2 aromatic carbocycles. The normalized spacial score (nSPS) is 16.9. The number of sulfonamides is 1. The predicted molar refractivity (Wildman–Crippen MR) is 114 cm³/mol. The Bertz CT molecular complexity index is 1130. The largest absolute Gasteiger partial charge is 0.351 e. The molecule has 8 heteroatoms. The Kier molecular flexibility index (Phi) is 5.74. The van der Waals surface area contributed by atoms with Crippen LogP contribution in [0.4, 0.5) is 0 Å². The topological polar surface area (TPSA) is 66.5 Å². The van der Waals surface area contributed by atoms with Gasteiger partial charge < -0.3 is 5.32 Å². The number of benzene rings is 2. The van der Waals surface area contributed by atoms with Crippen LogP contribution in [0.25, 0.3) is 0 Å². The first-order valence-corrected chi connectivity index (χ1v) is 11.8. The second kappa shape index (κ2) is 8.28. The average molecular weight is 447 g/mol. The Balaban J connectivity index is 1.62. The Morgan fingerprint density at radius 2 is 1.90 bits per heavy atom. The number of halogens is 1. The van der Waals surface area contributed by atoms with Crippen LogP contribution in [-0.2, 0) is 34.3 Å². The molecule has 0 fully saturated rings. The smallest absolute Gasteiger partial charge is 0.253 e. The van der Waals surface area contributed by atoms with Gasteiger partial charge in [0.05, 0.1) is 0 Å². The fraction of sp³-hybridized carbons (Fsp3) is 0.190. The van der Waals surface area contributed by atoms with E-state index in [4.69, 9.17) is 11.6 Å². The van der Waals surface area contributed by atoms with Crippen molar-refractivity contribution in [3.8, 4) is 0 Å². The van der Waals surface area contributed by atoms with Crippen LogP contribution < -0.4 is 5.32 Å². The summed E-state index contributed by atoms with van der Waals surface area (Å²) in [6, 6.07) is 17.3. The lowest BCUT2D eigenvalue weighted by molar-refractivity contribution is -0.125. The standard InChI is InChI=1S/C21H19ClN2O3S2/c22-18-8-3-5-15(11-18)13-23-21(25)19-12-16-6-1-2-7-17(16)14-24(19)29(26,27)20-9-4-10-28-20/h1-11,19H,12-14H2,(H,23,25). The van der Waals surface area contributed by atoms with Gasteiger partial charge in [0.1, 0.15) is 10.3 Å². The molecule has 1 amide bonds. The molecule has 0 saturated carbocycles. The molecule has 5 nitrogen and oxygen atoms in total. The second-order valence-corrected chi connectivity index (χ2v) is 10.3. The molecule has 29 heavy (non-hydrogen) atoms. The molecule has 0 spiro atoms. The lowest BCUT2D eigenvalue weighted by Crippen LogP contribution is -2.52. The van der Waals surface area contributed by atoms with Gasteiger partial charge in [-0.15, -0.1) is 11.3 Å². The maximum atomic E-state index is 13.2. The van der Waals surface area contributed by atoms with E-state index >= 15 is 0 Å². The first kappa shape index (κ1) is 20.1. The van der Waals surface area contributed by atoms with Gasteiger partial charge in [-0.25, -0.2) is 8.42 Å². The van der Waals surface area contributed by atoms with Crippen LogP contribution >= 0.6 is 22.9 Å². The van der Waals surface area contributed by atoms with Gasteiger partial charge in [0.15, 0.2) is 0 Å². The third-order valence-corrected chi connectivity index (χ3v) is 8.38. The van der Waals surface area contributed by atoms with E-state index in [1.54, 1.807) is 29.6 Å². The first-order chi connectivity index (χ1) is 13.9. The molecule has 4 rings (SSSR count). The number of carbonyl (C=O) groups excluding carboxylic acids is 1. The SMILES string of the molecule is O=C(NCc1cccc(Cl)c1)C1Cc2ccccc2CN1S(=O)(=O)c1cccs1. The van der Waals surface area contributed by atoms with Gasteiger partial charge in [-0.1, -0.05) is 54.1 Å². The molecule has 1 aliphatic heterocycles. The second-order valence-electron chi connectivity index (χ2n) is 6.82. The lowest BCUT2D eigenvalue weighted by atomic mass is 9.95. The summed E-state index contributed by atoms with van der Waals surface area (Å²) in [5.41, 5.74) is 2.77. The van der Waals surface area contributed by atoms with E-state index < -0.39 is 16.1 Å². The van der Waals surface area contributed by atoms with Crippen LogP contribution in [0.5, 0.6) is 0 Å². The van der Waals surface area contributed by atoms with Crippen molar-refractivity contribution < 1.29 is 13.2 Å². The third kappa shape index (κ3) is 4.23. The van der Waals surface area contributed by atoms with E-state index in [1.165, 1.54) is 4.31 Å². The minimum absolute atomic E-state index is 0.172. The monoisotopic (exact) mass is 446 g/mol. The van der Waals surface area contributed by atoms with E-state index in [0.29, 0.717) is 11.4 Å². The van der Waals surface area contributed by atoms with Gasteiger partial charge in [0, 0.05) is 18.1 Å². The number of thiophene rings is 1. The highest BCUT2D eigenvalue weighted by molar-refractivity contribution is 7.91. The maximum absolute atomic E-state index is 13.2. The average Bonchev–Trinajstić information content (AvgIpc) is 3.27. The number of carbonyl (C=O) groups is 1. The fourth-order valence-corrected chi connectivity index (χ4v) is 6.35. The Morgan fingerprint density at radius 1 is 1.10 bits per heavy atom. The molecular formula is C21H19ClN2O3S2. The van der Waals surface area contributed by atoms with Crippen molar-refractivity contribution in [2.45, 2.75) is 29.8 Å². The predicted octanol–water partition coefficient (Wildman–Crippen LogP) is 3.83. The van der Waals surface area contributed by atoms with E-state index in [0.717, 1.165) is 28.0 Å². The zero-order valence-corrected chi connectivity index (χ0v) is 17.8. The van der Waals surface area contributed by atoms with Crippen LogP contribution in [0.1, 0.15) is 16.7 Å². The number of hydrogen-bond acceptors (Lipinski definition) is 4. The van der Waals surface area contributed by atoms with Gasteiger partial charge in [0.2, 0.25) is 5.91 Å². The summed E-state index contributed by atoms with van der Waals surface area (Å²) in [5, 5.41) is 5.18. The van der Waals surface area contributed by atoms with Crippen LogP contribution in [0, 0.1) is 0 Å². The van der Waals surface area contributed by atoms with E-state index in [9.17, 15) is 13.2 Å². The molecular weight excluding hydrogens is 428 g/mol. The molecule has 0 bridgehead atoms. The van der Waals surface area contributed by atoms with Crippen LogP contribution in [-0.4, -0.2) is 24.7 Å². The molecule has 2 heterocycles. The van der Waals surface area contributed by atoms with E-state index in [1.807, 2.05) is 36.4 Å². The molecule has 1 atom stereocenters. The van der Waals surface area contributed by atoms with Crippen molar-refractivity contribution in [2.75, 3.05) is 0 Å². The van der Waals surface area contributed by atoms with Gasteiger partial charge in [-0.2, -0.15) is 4.31 Å². The molecule has 1 aliphatic rings. The number of hydrogen-bond donors (Lipinski definition) is 1. The Labute approximate surface area is 179 Å². The quantitative estimate of drug-likeness (QED) is 0.647. The molecule has 0 radical (unpaired) electrons. The third-order valence-electron chi connectivity index (χ3n) is 4.92. The molecule has 150 valence electrons. The van der Waals surface area contributed by atoms with E-state index in [2.05, 4.69) is 5.32 Å². The molecule has 1 N–H and O–H groups in total. The summed E-state index contributed by atoms with van der Waals surface area (Å²) in [4.78, 5) is 13.0.